The van der Waals surface area contributed by atoms with Crippen LogP contribution in [0.4, 0.5) is 5.82 Å². The molecule has 4 heterocycles. The Morgan fingerprint density at radius 2 is 1.97 bits per heavy atom. The molecule has 0 atom stereocenters. The molecule has 0 saturated carbocycles. The van der Waals surface area contributed by atoms with Gasteiger partial charge >= 0.3 is 0 Å². The average molecular weight is 463 g/mol. The molecule has 0 aliphatic carbocycles. The fraction of sp³-hybridized carbons (Fsp3) is 0.261. The van der Waals surface area contributed by atoms with Gasteiger partial charge in [0.1, 0.15) is 12.1 Å². The zero-order chi connectivity index (χ0) is 22.9. The van der Waals surface area contributed by atoms with E-state index in [0.29, 0.717) is 29.0 Å². The Morgan fingerprint density at radius 3 is 2.70 bits per heavy atom. The maximum atomic E-state index is 6.30. The van der Waals surface area contributed by atoms with Crippen molar-refractivity contribution in [1.82, 2.24) is 34.5 Å². The number of aryl methyl sites for hydroxylation is 2. The Bertz CT molecular complexity index is 1460. The fourth-order valence-corrected chi connectivity index (χ4v) is 4.15. The fourth-order valence-electron chi connectivity index (χ4n) is 3.87. The number of methoxy groups -OCH3 is 1. The Labute approximate surface area is 195 Å². The largest absolute Gasteiger partial charge is 0.495 e. The molecule has 168 valence electrons. The minimum Gasteiger partial charge on any atom is -0.495 e. The van der Waals surface area contributed by atoms with Crippen LogP contribution in [0.1, 0.15) is 25.1 Å². The number of rotatable bonds is 7. The maximum Gasteiger partial charge on any atom is 0.170 e. The Kier molecular flexibility index (Phi) is 5.55. The number of nitrogens with zero attached hydrogens (tertiary/aromatic N) is 7. The molecule has 0 amide bonds. The van der Waals surface area contributed by atoms with Crippen molar-refractivity contribution in [2.45, 2.75) is 33.4 Å². The van der Waals surface area contributed by atoms with Gasteiger partial charge < -0.3 is 10.1 Å². The summed E-state index contributed by atoms with van der Waals surface area (Å²) in [5.74, 6) is 1.97. The van der Waals surface area contributed by atoms with Gasteiger partial charge in [0.05, 0.1) is 29.4 Å². The lowest BCUT2D eigenvalue weighted by atomic mass is 10.1. The summed E-state index contributed by atoms with van der Waals surface area (Å²) >= 11 is 6.30. The van der Waals surface area contributed by atoms with Crippen molar-refractivity contribution >= 4 is 39.2 Å². The lowest BCUT2D eigenvalue weighted by Crippen LogP contribution is -2.07. The first kappa shape index (κ1) is 21.1. The highest BCUT2D eigenvalue weighted by atomic mass is 35.5. The zero-order valence-electron chi connectivity index (χ0n) is 18.6. The Morgan fingerprint density at radius 1 is 1.09 bits per heavy atom. The van der Waals surface area contributed by atoms with Gasteiger partial charge in [-0.3, -0.25) is 4.57 Å². The second kappa shape index (κ2) is 8.67. The molecular formula is C23H23ClN8O. The van der Waals surface area contributed by atoms with E-state index in [4.69, 9.17) is 16.3 Å². The van der Waals surface area contributed by atoms with Crippen LogP contribution in [0.3, 0.4) is 0 Å². The molecule has 0 saturated heterocycles. The molecule has 0 unspecified atom stereocenters. The van der Waals surface area contributed by atoms with E-state index in [1.165, 1.54) is 0 Å². The highest BCUT2D eigenvalue weighted by molar-refractivity contribution is 6.32. The summed E-state index contributed by atoms with van der Waals surface area (Å²) in [6, 6.07) is 5.69. The van der Waals surface area contributed by atoms with E-state index in [-0.39, 0.29) is 0 Å². The summed E-state index contributed by atoms with van der Waals surface area (Å²) in [7, 11) is 1.60. The summed E-state index contributed by atoms with van der Waals surface area (Å²) in [5, 5.41) is 20.2. The standard InChI is InChI=1S/C23H23ClN8O/c1-4-15-12-31(13-27-15)23-16-10-26-22-17(11-28-32(22)5-2)20(16)21(29-30-23)25-9-14-6-7-19(33-3)18(24)8-14/h6-8,10-13H,4-5,9H2,1-3H3,(H,25,29). The number of benzene rings is 1. The third kappa shape index (κ3) is 3.74. The number of hydrogen-bond acceptors (Lipinski definition) is 7. The summed E-state index contributed by atoms with van der Waals surface area (Å²) in [5.41, 5.74) is 2.78. The van der Waals surface area contributed by atoms with Crippen LogP contribution in [0.2, 0.25) is 5.02 Å². The molecule has 0 aliphatic rings. The number of hydrogen-bond donors (Lipinski definition) is 1. The Hall–Kier alpha value is -3.72. The van der Waals surface area contributed by atoms with Gasteiger partial charge in [-0.1, -0.05) is 24.6 Å². The van der Waals surface area contributed by atoms with Crippen molar-refractivity contribution in [1.29, 1.82) is 0 Å². The van der Waals surface area contributed by atoms with Gasteiger partial charge in [-0.2, -0.15) is 5.10 Å². The summed E-state index contributed by atoms with van der Waals surface area (Å²) in [6.45, 7) is 5.35. The predicted octanol–water partition coefficient (Wildman–Crippen LogP) is 4.42. The second-order valence-electron chi connectivity index (χ2n) is 7.56. The van der Waals surface area contributed by atoms with E-state index in [9.17, 15) is 0 Å². The van der Waals surface area contributed by atoms with Crippen molar-refractivity contribution in [3.63, 3.8) is 0 Å². The number of anilines is 1. The highest BCUT2D eigenvalue weighted by Gasteiger charge is 2.17. The smallest absolute Gasteiger partial charge is 0.170 e. The molecule has 0 aliphatic heterocycles. The van der Waals surface area contributed by atoms with Crippen LogP contribution in [-0.4, -0.2) is 41.6 Å². The van der Waals surface area contributed by atoms with E-state index >= 15 is 0 Å². The van der Waals surface area contributed by atoms with Gasteiger partial charge in [0.25, 0.3) is 0 Å². The SMILES string of the molecule is CCc1cn(-c2nnc(NCc3ccc(OC)c(Cl)c3)c3c2cnc2c3cnn2CC)cn1. The summed E-state index contributed by atoms with van der Waals surface area (Å²) in [6.07, 6.45) is 8.23. The van der Waals surface area contributed by atoms with Gasteiger partial charge in [-0.25, -0.2) is 14.6 Å². The summed E-state index contributed by atoms with van der Waals surface area (Å²) in [4.78, 5) is 9.12. The minimum atomic E-state index is 0.517. The minimum absolute atomic E-state index is 0.517. The molecule has 1 N–H and O–H groups in total. The molecule has 0 spiro atoms. The van der Waals surface area contributed by atoms with Crippen molar-refractivity contribution in [3.05, 3.63) is 59.4 Å². The van der Waals surface area contributed by atoms with E-state index in [1.54, 1.807) is 13.4 Å². The zero-order valence-corrected chi connectivity index (χ0v) is 19.3. The Balaban J connectivity index is 1.62. The normalized spacial score (nSPS) is 11.4. The summed E-state index contributed by atoms with van der Waals surface area (Å²) < 4.78 is 9.01. The maximum absolute atomic E-state index is 6.30. The van der Waals surface area contributed by atoms with E-state index in [0.717, 1.165) is 46.0 Å². The molecule has 5 aromatic rings. The van der Waals surface area contributed by atoms with Gasteiger partial charge in [0, 0.05) is 36.3 Å². The lowest BCUT2D eigenvalue weighted by molar-refractivity contribution is 0.415. The lowest BCUT2D eigenvalue weighted by Gasteiger charge is -2.13. The average Bonchev–Trinajstić information content (AvgIpc) is 3.49. The number of nitrogens with one attached hydrogen (secondary N) is 1. The van der Waals surface area contributed by atoms with Crippen molar-refractivity contribution in [2.75, 3.05) is 12.4 Å². The van der Waals surface area contributed by atoms with Gasteiger partial charge in [0.15, 0.2) is 17.3 Å². The quantitative estimate of drug-likeness (QED) is 0.382. The number of pyridine rings is 1. The van der Waals surface area contributed by atoms with Crippen molar-refractivity contribution < 1.29 is 4.74 Å². The molecule has 10 heteroatoms. The molecule has 33 heavy (non-hydrogen) atoms. The van der Waals surface area contributed by atoms with Crippen LogP contribution in [-0.2, 0) is 19.5 Å². The number of ether oxygens (including phenoxy) is 1. The van der Waals surface area contributed by atoms with E-state index < -0.39 is 0 Å². The first-order chi connectivity index (χ1) is 16.1. The molecule has 9 nitrogen and oxygen atoms in total. The van der Waals surface area contributed by atoms with Crippen LogP contribution < -0.4 is 10.1 Å². The molecule has 0 radical (unpaired) electrons. The third-order valence-corrected chi connectivity index (χ3v) is 5.90. The van der Waals surface area contributed by atoms with Crippen molar-refractivity contribution in [2.24, 2.45) is 0 Å². The van der Waals surface area contributed by atoms with Crippen molar-refractivity contribution in [3.8, 4) is 11.6 Å². The number of halogens is 1. The second-order valence-corrected chi connectivity index (χ2v) is 7.97. The van der Waals surface area contributed by atoms with E-state index in [2.05, 4.69) is 37.5 Å². The van der Waals surface area contributed by atoms with Gasteiger partial charge in [-0.15, -0.1) is 10.2 Å². The van der Waals surface area contributed by atoms with Gasteiger partial charge in [-0.05, 0) is 31.0 Å². The third-order valence-electron chi connectivity index (χ3n) is 5.61. The van der Waals surface area contributed by atoms with E-state index in [1.807, 2.05) is 53.0 Å². The van der Waals surface area contributed by atoms with Crippen LogP contribution in [0.5, 0.6) is 5.75 Å². The molecule has 1 aromatic carbocycles. The number of aromatic nitrogens is 7. The van der Waals surface area contributed by atoms with Crippen LogP contribution in [0.25, 0.3) is 27.6 Å². The topological polar surface area (TPSA) is 95.6 Å². The molecular weight excluding hydrogens is 440 g/mol. The van der Waals surface area contributed by atoms with Crippen LogP contribution in [0, 0.1) is 0 Å². The molecule has 5 rings (SSSR count). The molecule has 0 fully saturated rings. The number of fused-ring (bicyclic) bond motifs is 3. The monoisotopic (exact) mass is 462 g/mol. The van der Waals surface area contributed by atoms with Gasteiger partial charge in [0.2, 0.25) is 0 Å². The predicted molar refractivity (Wildman–Crippen MR) is 128 cm³/mol. The highest BCUT2D eigenvalue weighted by Crippen LogP contribution is 2.32. The number of imidazole rings is 1. The van der Waals surface area contributed by atoms with Crippen LogP contribution >= 0.6 is 11.6 Å². The first-order valence-corrected chi connectivity index (χ1v) is 11.1. The molecule has 0 bridgehead atoms. The first-order valence-electron chi connectivity index (χ1n) is 10.7. The van der Waals surface area contributed by atoms with Crippen LogP contribution in [0.15, 0.2) is 43.1 Å². The molecule has 4 aromatic heterocycles.